The zero-order valence-electron chi connectivity index (χ0n) is 15.9. The number of thioether (sulfide) groups is 1. The van der Waals surface area contributed by atoms with Crippen LogP contribution in [0.2, 0.25) is 5.02 Å². The molecule has 0 fully saturated rings. The molecule has 0 bridgehead atoms. The van der Waals surface area contributed by atoms with Crippen LogP contribution in [0.25, 0.3) is 11.3 Å². The van der Waals surface area contributed by atoms with Gasteiger partial charge in [0.25, 0.3) is 0 Å². The van der Waals surface area contributed by atoms with Crippen molar-refractivity contribution in [3.8, 4) is 11.3 Å². The van der Waals surface area contributed by atoms with Crippen LogP contribution in [0.3, 0.4) is 0 Å². The Morgan fingerprint density at radius 1 is 1.21 bits per heavy atom. The van der Waals surface area contributed by atoms with Crippen LogP contribution in [0.1, 0.15) is 18.4 Å². The number of benzene rings is 1. The summed E-state index contributed by atoms with van der Waals surface area (Å²) in [6, 6.07) is 12.6. The first-order chi connectivity index (χ1) is 13.9. The van der Waals surface area contributed by atoms with Crippen molar-refractivity contribution in [2.24, 2.45) is 0 Å². The molecule has 0 spiro atoms. The van der Waals surface area contributed by atoms with Gasteiger partial charge in [0.05, 0.1) is 17.5 Å². The van der Waals surface area contributed by atoms with E-state index in [1.807, 2.05) is 24.3 Å². The van der Waals surface area contributed by atoms with E-state index in [1.165, 1.54) is 11.8 Å². The van der Waals surface area contributed by atoms with Crippen LogP contribution in [0.15, 0.2) is 51.4 Å². The second kappa shape index (κ2) is 9.67. The Labute approximate surface area is 177 Å². The Morgan fingerprint density at radius 2 is 1.97 bits per heavy atom. The molecule has 3 rings (SSSR count). The quantitative estimate of drug-likeness (QED) is 0.550. The Hall–Kier alpha value is -2.71. The second-order valence-corrected chi connectivity index (χ2v) is 8.08. The molecule has 0 aliphatic rings. The number of carbonyl (C=O) groups excluding carboxylic acids is 2. The molecule has 152 valence electrons. The molecule has 2 heterocycles. The first kappa shape index (κ1) is 21.0. The molecular formula is C20H20ClN3O4S. The van der Waals surface area contributed by atoms with E-state index in [-0.39, 0.29) is 24.1 Å². The SMILES string of the molecule is Cc1cc(NC(=O)C(C)SCC(=O)NCc2ccc(-c3ccc(Cl)cc3)o2)no1. The number of aryl methyl sites for hydroxylation is 1. The molecule has 2 N–H and O–H groups in total. The largest absolute Gasteiger partial charge is 0.459 e. The van der Waals surface area contributed by atoms with Crippen molar-refractivity contribution < 1.29 is 18.5 Å². The number of hydrogen-bond acceptors (Lipinski definition) is 6. The van der Waals surface area contributed by atoms with Gasteiger partial charge >= 0.3 is 0 Å². The molecule has 0 saturated heterocycles. The lowest BCUT2D eigenvalue weighted by Gasteiger charge is -2.10. The predicted octanol–water partition coefficient (Wildman–Crippen LogP) is 4.27. The van der Waals surface area contributed by atoms with E-state index < -0.39 is 5.25 Å². The molecule has 3 aromatic rings. The number of nitrogens with zero attached hydrogens (tertiary/aromatic N) is 1. The number of anilines is 1. The third kappa shape index (κ3) is 6.13. The Morgan fingerprint density at radius 3 is 2.66 bits per heavy atom. The summed E-state index contributed by atoms with van der Waals surface area (Å²) in [7, 11) is 0. The van der Waals surface area contributed by atoms with E-state index in [2.05, 4.69) is 15.8 Å². The lowest BCUT2D eigenvalue weighted by Crippen LogP contribution is -2.28. The lowest BCUT2D eigenvalue weighted by molar-refractivity contribution is -0.118. The van der Waals surface area contributed by atoms with Crippen molar-refractivity contribution >= 4 is 41.0 Å². The van der Waals surface area contributed by atoms with Gasteiger partial charge in [-0.3, -0.25) is 9.59 Å². The van der Waals surface area contributed by atoms with E-state index in [0.29, 0.717) is 28.1 Å². The molecule has 0 radical (unpaired) electrons. The third-order valence-electron chi connectivity index (χ3n) is 3.96. The molecule has 1 atom stereocenters. The highest BCUT2D eigenvalue weighted by atomic mass is 35.5. The third-order valence-corrected chi connectivity index (χ3v) is 5.36. The number of amides is 2. The number of furan rings is 1. The second-order valence-electron chi connectivity index (χ2n) is 6.31. The zero-order valence-corrected chi connectivity index (χ0v) is 17.5. The summed E-state index contributed by atoms with van der Waals surface area (Å²) in [6.07, 6.45) is 0. The topological polar surface area (TPSA) is 97.4 Å². The van der Waals surface area contributed by atoms with Crippen molar-refractivity contribution in [3.05, 3.63) is 59.0 Å². The van der Waals surface area contributed by atoms with Crippen molar-refractivity contribution in [2.45, 2.75) is 25.6 Å². The van der Waals surface area contributed by atoms with E-state index in [9.17, 15) is 9.59 Å². The molecule has 1 unspecified atom stereocenters. The summed E-state index contributed by atoms with van der Waals surface area (Å²) in [5.41, 5.74) is 0.907. The molecule has 1 aromatic carbocycles. The Bertz CT molecular complexity index is 984. The van der Waals surface area contributed by atoms with E-state index in [4.69, 9.17) is 20.5 Å². The monoisotopic (exact) mass is 433 g/mol. The van der Waals surface area contributed by atoms with Crippen molar-refractivity contribution in [1.29, 1.82) is 0 Å². The lowest BCUT2D eigenvalue weighted by atomic mass is 10.2. The maximum atomic E-state index is 12.1. The number of aromatic nitrogens is 1. The summed E-state index contributed by atoms with van der Waals surface area (Å²) in [5, 5.41) is 9.38. The first-order valence-electron chi connectivity index (χ1n) is 8.88. The van der Waals surface area contributed by atoms with Crippen LogP contribution in [-0.2, 0) is 16.1 Å². The van der Waals surface area contributed by atoms with Gasteiger partial charge in [0, 0.05) is 16.7 Å². The van der Waals surface area contributed by atoms with Gasteiger partial charge in [0.1, 0.15) is 17.3 Å². The van der Waals surface area contributed by atoms with Gasteiger partial charge in [-0.25, -0.2) is 0 Å². The van der Waals surface area contributed by atoms with Gasteiger partial charge in [-0.2, -0.15) is 0 Å². The van der Waals surface area contributed by atoms with E-state index in [0.717, 1.165) is 5.56 Å². The highest BCUT2D eigenvalue weighted by Crippen LogP contribution is 2.23. The summed E-state index contributed by atoms with van der Waals surface area (Å²) in [6.45, 7) is 3.74. The van der Waals surface area contributed by atoms with Gasteiger partial charge in [-0.05, 0) is 50.2 Å². The van der Waals surface area contributed by atoms with Crippen LogP contribution in [0.4, 0.5) is 5.82 Å². The number of halogens is 1. The summed E-state index contributed by atoms with van der Waals surface area (Å²) in [5.74, 6) is 2.04. The summed E-state index contributed by atoms with van der Waals surface area (Å²) < 4.78 is 10.6. The standard InChI is InChI=1S/C20H20ClN3O4S/c1-12-9-18(24-28-12)23-20(26)13(2)29-11-19(25)22-10-16-7-8-17(27-16)14-3-5-15(21)6-4-14/h3-9,13H,10-11H2,1-2H3,(H,22,25)(H,23,24,26). The molecule has 0 aliphatic carbocycles. The van der Waals surface area contributed by atoms with E-state index >= 15 is 0 Å². The van der Waals surface area contributed by atoms with E-state index in [1.54, 1.807) is 32.0 Å². The van der Waals surface area contributed by atoms with Crippen molar-refractivity contribution in [1.82, 2.24) is 10.5 Å². The Balaban J connectivity index is 1.41. The molecule has 0 aliphatic heterocycles. The smallest absolute Gasteiger partial charge is 0.238 e. The van der Waals surface area contributed by atoms with Crippen LogP contribution in [0, 0.1) is 6.92 Å². The molecule has 29 heavy (non-hydrogen) atoms. The summed E-state index contributed by atoms with van der Waals surface area (Å²) in [4.78, 5) is 24.2. The molecule has 2 aromatic heterocycles. The number of carbonyl (C=O) groups is 2. The number of hydrogen-bond donors (Lipinski definition) is 2. The first-order valence-corrected chi connectivity index (χ1v) is 10.3. The number of nitrogens with one attached hydrogen (secondary N) is 2. The minimum Gasteiger partial charge on any atom is -0.459 e. The van der Waals surface area contributed by atoms with Crippen LogP contribution in [0.5, 0.6) is 0 Å². The number of rotatable bonds is 8. The molecule has 7 nitrogen and oxygen atoms in total. The minimum atomic E-state index is -0.419. The maximum absolute atomic E-state index is 12.1. The Kier molecular flexibility index (Phi) is 7.00. The highest BCUT2D eigenvalue weighted by Gasteiger charge is 2.17. The van der Waals surface area contributed by atoms with Crippen LogP contribution in [-0.4, -0.2) is 28.0 Å². The fourth-order valence-corrected chi connectivity index (χ4v) is 3.25. The van der Waals surface area contributed by atoms with Gasteiger partial charge in [0.15, 0.2) is 5.82 Å². The molecule has 9 heteroatoms. The van der Waals surface area contributed by atoms with Crippen LogP contribution < -0.4 is 10.6 Å². The normalized spacial score (nSPS) is 11.8. The van der Waals surface area contributed by atoms with Gasteiger partial charge in [0.2, 0.25) is 11.8 Å². The molecule has 0 saturated carbocycles. The average Bonchev–Trinajstić information content (AvgIpc) is 3.34. The fraction of sp³-hybridized carbons (Fsp3) is 0.250. The summed E-state index contributed by atoms with van der Waals surface area (Å²) >= 11 is 7.12. The van der Waals surface area contributed by atoms with Gasteiger partial charge in [-0.1, -0.05) is 16.8 Å². The fourth-order valence-electron chi connectivity index (χ4n) is 2.41. The van der Waals surface area contributed by atoms with Gasteiger partial charge < -0.3 is 19.6 Å². The predicted molar refractivity (Wildman–Crippen MR) is 113 cm³/mol. The minimum absolute atomic E-state index is 0.150. The van der Waals surface area contributed by atoms with Crippen LogP contribution >= 0.6 is 23.4 Å². The van der Waals surface area contributed by atoms with Crippen molar-refractivity contribution in [2.75, 3.05) is 11.1 Å². The molecule has 2 amide bonds. The average molecular weight is 434 g/mol. The maximum Gasteiger partial charge on any atom is 0.238 e. The molecular weight excluding hydrogens is 414 g/mol. The highest BCUT2D eigenvalue weighted by molar-refractivity contribution is 8.01. The van der Waals surface area contributed by atoms with Crippen molar-refractivity contribution in [3.63, 3.8) is 0 Å². The van der Waals surface area contributed by atoms with Gasteiger partial charge in [-0.15, -0.1) is 11.8 Å². The zero-order chi connectivity index (χ0) is 20.8.